The van der Waals surface area contributed by atoms with Crippen molar-refractivity contribution in [2.75, 3.05) is 27.4 Å². The zero-order valence-corrected chi connectivity index (χ0v) is 20.3. The highest BCUT2D eigenvalue weighted by molar-refractivity contribution is 5.70. The SMILES string of the molecule is COc1ccc(CCC(C)NCC(O)COc2ccccc2/C=C\c2cc(C)no2)cc1OC. The van der Waals surface area contributed by atoms with Gasteiger partial charge in [0, 0.05) is 24.2 Å². The van der Waals surface area contributed by atoms with Gasteiger partial charge in [-0.3, -0.25) is 0 Å². The largest absolute Gasteiger partial charge is 0.493 e. The van der Waals surface area contributed by atoms with Gasteiger partial charge in [0.1, 0.15) is 18.5 Å². The Morgan fingerprint density at radius 2 is 1.82 bits per heavy atom. The number of aliphatic hydroxyl groups is 1. The van der Waals surface area contributed by atoms with Gasteiger partial charge in [0.15, 0.2) is 17.3 Å². The van der Waals surface area contributed by atoms with Gasteiger partial charge in [-0.15, -0.1) is 0 Å². The number of rotatable bonds is 13. The summed E-state index contributed by atoms with van der Waals surface area (Å²) in [5.74, 6) is 2.85. The first-order chi connectivity index (χ1) is 16.5. The predicted octanol–water partition coefficient (Wildman–Crippen LogP) is 4.52. The number of aliphatic hydroxyl groups excluding tert-OH is 1. The van der Waals surface area contributed by atoms with E-state index in [1.54, 1.807) is 14.2 Å². The molecule has 7 nitrogen and oxygen atoms in total. The molecule has 1 heterocycles. The van der Waals surface area contributed by atoms with Crippen molar-refractivity contribution >= 4 is 12.2 Å². The third-order valence-corrected chi connectivity index (χ3v) is 5.44. The molecule has 0 fully saturated rings. The second-order valence-electron chi connectivity index (χ2n) is 8.24. The fraction of sp³-hybridized carbons (Fsp3) is 0.370. The first-order valence-electron chi connectivity index (χ1n) is 11.4. The quantitative estimate of drug-likeness (QED) is 0.383. The summed E-state index contributed by atoms with van der Waals surface area (Å²) < 4.78 is 21.8. The van der Waals surface area contributed by atoms with Gasteiger partial charge in [0.2, 0.25) is 0 Å². The molecule has 7 heteroatoms. The molecule has 0 aliphatic rings. The van der Waals surface area contributed by atoms with Gasteiger partial charge >= 0.3 is 0 Å². The number of ether oxygens (including phenoxy) is 3. The van der Waals surface area contributed by atoms with Crippen LogP contribution in [0.25, 0.3) is 12.2 Å². The zero-order chi connectivity index (χ0) is 24.3. The van der Waals surface area contributed by atoms with Crippen LogP contribution in [-0.4, -0.2) is 49.8 Å². The molecular weight excluding hydrogens is 432 g/mol. The molecular formula is C27H34N2O5. The van der Waals surface area contributed by atoms with E-state index >= 15 is 0 Å². The summed E-state index contributed by atoms with van der Waals surface area (Å²) >= 11 is 0. The van der Waals surface area contributed by atoms with E-state index < -0.39 is 6.10 Å². The number of hydrogen-bond donors (Lipinski definition) is 2. The smallest absolute Gasteiger partial charge is 0.160 e. The summed E-state index contributed by atoms with van der Waals surface area (Å²) in [5, 5.41) is 17.7. The minimum Gasteiger partial charge on any atom is -0.493 e. The lowest BCUT2D eigenvalue weighted by molar-refractivity contribution is 0.104. The molecule has 3 aromatic rings. The highest BCUT2D eigenvalue weighted by Crippen LogP contribution is 2.28. The summed E-state index contributed by atoms with van der Waals surface area (Å²) in [6, 6.07) is 15.8. The molecule has 2 aromatic carbocycles. The molecule has 0 saturated heterocycles. The molecule has 182 valence electrons. The molecule has 1 aromatic heterocycles. The molecule has 0 aliphatic heterocycles. The molecule has 0 spiro atoms. The van der Waals surface area contributed by atoms with Crippen LogP contribution < -0.4 is 19.5 Å². The van der Waals surface area contributed by atoms with E-state index in [0.29, 0.717) is 18.1 Å². The number of aromatic nitrogens is 1. The lowest BCUT2D eigenvalue weighted by Gasteiger charge is -2.18. The third kappa shape index (κ3) is 7.64. The molecule has 0 aliphatic carbocycles. The summed E-state index contributed by atoms with van der Waals surface area (Å²) in [6.45, 7) is 4.63. The van der Waals surface area contributed by atoms with Gasteiger partial charge in [-0.25, -0.2) is 0 Å². The summed E-state index contributed by atoms with van der Waals surface area (Å²) in [5.41, 5.74) is 2.91. The van der Waals surface area contributed by atoms with E-state index in [1.807, 2.05) is 67.6 Å². The maximum Gasteiger partial charge on any atom is 0.160 e. The van der Waals surface area contributed by atoms with Gasteiger partial charge in [-0.1, -0.05) is 29.4 Å². The van der Waals surface area contributed by atoms with E-state index in [2.05, 4.69) is 17.4 Å². The average Bonchev–Trinajstić information content (AvgIpc) is 3.28. The number of aryl methyl sites for hydroxylation is 2. The van der Waals surface area contributed by atoms with E-state index in [0.717, 1.165) is 35.6 Å². The molecule has 2 unspecified atom stereocenters. The van der Waals surface area contributed by atoms with Crippen LogP contribution in [0.5, 0.6) is 17.2 Å². The van der Waals surface area contributed by atoms with Gasteiger partial charge in [0.05, 0.1) is 19.9 Å². The van der Waals surface area contributed by atoms with Crippen molar-refractivity contribution < 1.29 is 23.8 Å². The number of nitrogens with one attached hydrogen (secondary N) is 1. The summed E-state index contributed by atoms with van der Waals surface area (Å²) in [7, 11) is 3.27. The van der Waals surface area contributed by atoms with Crippen molar-refractivity contribution in [3.63, 3.8) is 0 Å². The Bertz CT molecular complexity index is 1060. The maximum atomic E-state index is 10.4. The van der Waals surface area contributed by atoms with Crippen LogP contribution in [0.3, 0.4) is 0 Å². The Labute approximate surface area is 201 Å². The van der Waals surface area contributed by atoms with Crippen LogP contribution in [0.4, 0.5) is 0 Å². The topological polar surface area (TPSA) is 86.0 Å². The van der Waals surface area contributed by atoms with Crippen molar-refractivity contribution in [3.05, 3.63) is 71.1 Å². The second-order valence-corrected chi connectivity index (χ2v) is 8.24. The first kappa shape index (κ1) is 25.3. The molecule has 0 bridgehead atoms. The highest BCUT2D eigenvalue weighted by atomic mass is 16.5. The first-order valence-corrected chi connectivity index (χ1v) is 11.4. The molecule has 3 rings (SSSR count). The van der Waals surface area contributed by atoms with Crippen LogP contribution in [-0.2, 0) is 6.42 Å². The third-order valence-electron chi connectivity index (χ3n) is 5.44. The zero-order valence-electron chi connectivity index (χ0n) is 20.3. The molecule has 34 heavy (non-hydrogen) atoms. The van der Waals surface area contributed by atoms with Crippen LogP contribution in [0, 0.1) is 6.92 Å². The van der Waals surface area contributed by atoms with Crippen LogP contribution in [0.15, 0.2) is 53.1 Å². The Hall–Kier alpha value is -3.29. The van der Waals surface area contributed by atoms with Gasteiger partial charge < -0.3 is 29.2 Å². The number of methoxy groups -OCH3 is 2. The second kappa shape index (κ2) is 12.8. The molecule has 0 saturated carbocycles. The minimum absolute atomic E-state index is 0.196. The maximum absolute atomic E-state index is 10.4. The van der Waals surface area contributed by atoms with Crippen molar-refractivity contribution in [1.29, 1.82) is 0 Å². The lowest BCUT2D eigenvalue weighted by Crippen LogP contribution is -2.36. The lowest BCUT2D eigenvalue weighted by atomic mass is 10.1. The Morgan fingerprint density at radius 1 is 1.03 bits per heavy atom. The molecule has 0 radical (unpaired) electrons. The molecule has 2 N–H and O–H groups in total. The Morgan fingerprint density at radius 3 is 2.56 bits per heavy atom. The summed E-state index contributed by atoms with van der Waals surface area (Å²) in [6.07, 6.45) is 4.96. The number of para-hydroxylation sites is 1. The van der Waals surface area contributed by atoms with Crippen molar-refractivity contribution in [2.45, 2.75) is 38.8 Å². The molecule has 0 amide bonds. The highest BCUT2D eigenvalue weighted by Gasteiger charge is 2.11. The Kier molecular flexibility index (Phi) is 9.55. The van der Waals surface area contributed by atoms with Crippen molar-refractivity contribution in [1.82, 2.24) is 10.5 Å². The fourth-order valence-electron chi connectivity index (χ4n) is 3.49. The van der Waals surface area contributed by atoms with E-state index in [9.17, 15) is 5.11 Å². The standard InChI is InChI=1S/C27H34N2O5/c1-19(9-10-21-11-14-26(31-3)27(16-21)32-4)28-17-23(30)18-33-25-8-6-5-7-22(25)12-13-24-15-20(2)29-34-24/h5-8,11-16,19,23,28,30H,9-10,17-18H2,1-4H3/b13-12-. The normalized spacial score (nSPS) is 13.1. The van der Waals surface area contributed by atoms with Crippen molar-refractivity contribution in [2.24, 2.45) is 0 Å². The Balaban J connectivity index is 1.43. The number of nitrogens with zero attached hydrogens (tertiary/aromatic N) is 1. The van der Waals surface area contributed by atoms with E-state index in [4.69, 9.17) is 18.7 Å². The molecule has 2 atom stereocenters. The van der Waals surface area contributed by atoms with Crippen LogP contribution in [0.1, 0.15) is 35.9 Å². The van der Waals surface area contributed by atoms with E-state index in [1.165, 1.54) is 5.56 Å². The predicted molar refractivity (Wildman–Crippen MR) is 133 cm³/mol. The number of hydrogen-bond acceptors (Lipinski definition) is 7. The number of benzene rings is 2. The average molecular weight is 467 g/mol. The van der Waals surface area contributed by atoms with E-state index in [-0.39, 0.29) is 12.6 Å². The van der Waals surface area contributed by atoms with Crippen LogP contribution >= 0.6 is 0 Å². The minimum atomic E-state index is -0.627. The van der Waals surface area contributed by atoms with Crippen molar-refractivity contribution in [3.8, 4) is 17.2 Å². The summed E-state index contributed by atoms with van der Waals surface area (Å²) in [4.78, 5) is 0. The fourth-order valence-corrected chi connectivity index (χ4v) is 3.49. The van der Waals surface area contributed by atoms with Gasteiger partial charge in [-0.2, -0.15) is 0 Å². The van der Waals surface area contributed by atoms with Gasteiger partial charge in [0.25, 0.3) is 0 Å². The van der Waals surface area contributed by atoms with Crippen LogP contribution in [0.2, 0.25) is 0 Å². The monoisotopic (exact) mass is 466 g/mol. The van der Waals surface area contributed by atoms with Gasteiger partial charge in [-0.05, 0) is 62.6 Å².